The Balaban J connectivity index is 0.00000225. The van der Waals surface area contributed by atoms with E-state index < -0.39 is 19.8 Å². The monoisotopic (exact) mass is 259 g/mol. The Labute approximate surface area is 113 Å². The Morgan fingerprint density at radius 1 is 1.69 bits per heavy atom. The third-order valence-corrected chi connectivity index (χ3v) is 1.92. The summed E-state index contributed by atoms with van der Waals surface area (Å²) in [7, 11) is -4.82. The molecule has 1 aromatic rings. The fourth-order valence-corrected chi connectivity index (χ4v) is 1.27. The number of aromatic amines is 1. The second-order valence-corrected chi connectivity index (χ2v) is 3.95. The van der Waals surface area contributed by atoms with Gasteiger partial charge < -0.3 is 15.2 Å². The number of nitrogens with two attached hydrogens (primary N) is 1. The molecule has 8 nitrogen and oxygen atoms in total. The first-order valence-corrected chi connectivity index (χ1v) is 5.43. The predicted octanol–water partition coefficient (Wildman–Crippen LogP) is -1.73. The van der Waals surface area contributed by atoms with E-state index in [9.17, 15) is 9.36 Å². The van der Waals surface area contributed by atoms with E-state index in [1.54, 1.807) is 0 Å². The molecule has 0 aliphatic carbocycles. The molecule has 1 aromatic heterocycles. The Hall–Kier alpha value is -0.210. The van der Waals surface area contributed by atoms with Crippen molar-refractivity contribution < 1.29 is 23.7 Å². The molecule has 0 bridgehead atoms. The van der Waals surface area contributed by atoms with Crippen LogP contribution in [0.2, 0.25) is 0 Å². The minimum absolute atomic E-state index is 0. The molecule has 16 heavy (non-hydrogen) atoms. The number of aromatic nitrogens is 2. The van der Waals surface area contributed by atoms with Crippen LogP contribution in [0.3, 0.4) is 0 Å². The van der Waals surface area contributed by atoms with Crippen LogP contribution in [-0.4, -0.2) is 61.3 Å². The van der Waals surface area contributed by atoms with Crippen molar-refractivity contribution in [1.82, 2.24) is 9.97 Å². The Morgan fingerprint density at radius 3 is 2.75 bits per heavy atom. The Bertz CT molecular complexity index is 378. The van der Waals surface area contributed by atoms with Gasteiger partial charge in [-0.05, 0) is 0 Å². The quantitative estimate of drug-likeness (QED) is 0.372. The van der Waals surface area contributed by atoms with Gasteiger partial charge in [0.15, 0.2) is 0 Å². The summed E-state index contributed by atoms with van der Waals surface area (Å²) in [5.74, 6) is -1.15. The van der Waals surface area contributed by atoms with Gasteiger partial charge in [0.1, 0.15) is 6.04 Å². The normalized spacial score (nSPS) is 12.7. The molecule has 0 aromatic carbocycles. The van der Waals surface area contributed by atoms with E-state index in [-0.39, 0.29) is 36.0 Å². The van der Waals surface area contributed by atoms with Gasteiger partial charge in [0.2, 0.25) is 0 Å². The van der Waals surface area contributed by atoms with Crippen LogP contribution in [0, 0.1) is 0 Å². The summed E-state index contributed by atoms with van der Waals surface area (Å²) in [5.41, 5.74) is 5.92. The van der Waals surface area contributed by atoms with E-state index in [2.05, 4.69) is 14.5 Å². The zero-order valence-corrected chi connectivity index (χ0v) is 8.42. The summed E-state index contributed by atoms with van der Waals surface area (Å²) in [5, 5.41) is 0. The van der Waals surface area contributed by atoms with Crippen molar-refractivity contribution in [2.24, 2.45) is 5.73 Å². The van der Waals surface area contributed by atoms with E-state index in [4.69, 9.17) is 15.5 Å². The topological polar surface area (TPSA) is 139 Å². The summed E-state index contributed by atoms with van der Waals surface area (Å²) < 4.78 is 14.1. The number of carbonyl (C=O) groups is 1. The van der Waals surface area contributed by atoms with Crippen LogP contribution in [0.4, 0.5) is 0 Å². The second kappa shape index (κ2) is 6.51. The first kappa shape index (κ1) is 15.8. The van der Waals surface area contributed by atoms with Gasteiger partial charge >= 0.3 is 43.3 Å². The number of hydrogen-bond donors (Lipinski definition) is 4. The van der Waals surface area contributed by atoms with E-state index in [0.717, 1.165) is 0 Å². The molecule has 10 heteroatoms. The zero-order chi connectivity index (χ0) is 11.5. The SMILES string of the molecule is N[C@@H](Cc1cnc[nH]1)C(=O)OP(=O)(O)O.[NaH]. The van der Waals surface area contributed by atoms with Crippen LogP contribution in [0.25, 0.3) is 0 Å². The fourth-order valence-electron chi connectivity index (χ4n) is 0.901. The van der Waals surface area contributed by atoms with Crippen LogP contribution in [-0.2, 0) is 20.3 Å². The number of rotatable bonds is 4. The maximum atomic E-state index is 11.0. The number of imidazole rings is 1. The molecule has 86 valence electrons. The van der Waals surface area contributed by atoms with Crippen molar-refractivity contribution in [1.29, 1.82) is 0 Å². The van der Waals surface area contributed by atoms with Crippen LogP contribution in [0.5, 0.6) is 0 Å². The summed E-state index contributed by atoms with van der Waals surface area (Å²) in [6.07, 6.45) is 2.92. The molecule has 0 radical (unpaired) electrons. The fraction of sp³-hybridized carbons (Fsp3) is 0.333. The van der Waals surface area contributed by atoms with Crippen LogP contribution in [0.1, 0.15) is 5.69 Å². The van der Waals surface area contributed by atoms with Crippen molar-refractivity contribution in [3.63, 3.8) is 0 Å². The van der Waals surface area contributed by atoms with Gasteiger partial charge in [-0.1, -0.05) is 0 Å². The average molecular weight is 259 g/mol. The van der Waals surface area contributed by atoms with Crippen LogP contribution in [0.15, 0.2) is 12.5 Å². The molecule has 0 amide bonds. The number of H-pyrrole nitrogens is 1. The standard InChI is InChI=1S/C6H10N3O5P.Na.H/c7-5(1-4-2-8-3-9-4)6(10)14-15(11,12)13;;/h2-3,5H,1,7H2,(H,8,9)(H2,11,12,13);;/t5-;;/m0../s1. The van der Waals surface area contributed by atoms with Gasteiger partial charge in [-0.25, -0.2) is 14.3 Å². The number of nitrogens with one attached hydrogen (secondary N) is 1. The van der Waals surface area contributed by atoms with Gasteiger partial charge in [-0.2, -0.15) is 0 Å². The molecule has 1 rings (SSSR count). The number of phosphoric acid groups is 1. The molecule has 0 fully saturated rings. The third-order valence-electron chi connectivity index (χ3n) is 1.51. The zero-order valence-electron chi connectivity index (χ0n) is 7.53. The number of carbonyl (C=O) groups excluding carboxylic acids is 1. The summed E-state index contributed by atoms with van der Waals surface area (Å²) in [6, 6.07) is -1.14. The summed E-state index contributed by atoms with van der Waals surface area (Å²) >= 11 is 0. The third kappa shape index (κ3) is 5.76. The molecule has 5 N–H and O–H groups in total. The van der Waals surface area contributed by atoms with Crippen molar-refractivity contribution in [3.8, 4) is 0 Å². The van der Waals surface area contributed by atoms with Crippen molar-refractivity contribution in [2.45, 2.75) is 12.5 Å². The molecule has 1 atom stereocenters. The average Bonchev–Trinajstić information content (AvgIpc) is 2.53. The molecule has 0 saturated carbocycles. The van der Waals surface area contributed by atoms with E-state index in [0.29, 0.717) is 5.69 Å². The summed E-state index contributed by atoms with van der Waals surface area (Å²) in [4.78, 5) is 34.1. The summed E-state index contributed by atoms with van der Waals surface area (Å²) in [6.45, 7) is 0. The molecule has 0 aliphatic rings. The van der Waals surface area contributed by atoms with Crippen LogP contribution < -0.4 is 5.73 Å². The predicted molar refractivity (Wildman–Crippen MR) is 55.6 cm³/mol. The van der Waals surface area contributed by atoms with Crippen LogP contribution >= 0.6 is 7.82 Å². The van der Waals surface area contributed by atoms with Gasteiger partial charge in [0, 0.05) is 18.3 Å². The Morgan fingerprint density at radius 2 is 2.31 bits per heavy atom. The molecule has 1 heterocycles. The Kier molecular flexibility index (Phi) is 6.42. The second-order valence-electron chi connectivity index (χ2n) is 2.79. The molecule has 0 spiro atoms. The molecular formula is C6H11N3NaO5P. The molecule has 0 saturated heterocycles. The molecule has 0 aliphatic heterocycles. The first-order chi connectivity index (χ1) is 6.88. The van der Waals surface area contributed by atoms with E-state index in [1.165, 1.54) is 12.5 Å². The van der Waals surface area contributed by atoms with Gasteiger partial charge in [-0.3, -0.25) is 9.79 Å². The van der Waals surface area contributed by atoms with Gasteiger partial charge in [0.25, 0.3) is 0 Å². The minimum atomic E-state index is -4.82. The van der Waals surface area contributed by atoms with Crippen molar-refractivity contribution >= 4 is 43.3 Å². The van der Waals surface area contributed by atoms with E-state index in [1.807, 2.05) is 0 Å². The number of hydrogen-bond acceptors (Lipinski definition) is 5. The number of phosphoric ester groups is 1. The van der Waals surface area contributed by atoms with Crippen molar-refractivity contribution in [3.05, 3.63) is 18.2 Å². The van der Waals surface area contributed by atoms with Crippen molar-refractivity contribution in [2.75, 3.05) is 0 Å². The van der Waals surface area contributed by atoms with E-state index >= 15 is 0 Å². The molecular weight excluding hydrogens is 248 g/mol. The number of nitrogens with zero attached hydrogens (tertiary/aromatic N) is 1. The van der Waals surface area contributed by atoms with Gasteiger partial charge in [0.05, 0.1) is 6.33 Å². The maximum absolute atomic E-state index is 11.0. The molecule has 0 unspecified atom stereocenters. The first-order valence-electron chi connectivity index (χ1n) is 3.90. The van der Waals surface area contributed by atoms with Gasteiger partial charge in [-0.15, -0.1) is 0 Å².